The van der Waals surface area contributed by atoms with Crippen LogP contribution in [-0.4, -0.2) is 8.42 Å². The second-order valence-electron chi connectivity index (χ2n) is 4.26. The Morgan fingerprint density at radius 2 is 1.71 bits per heavy atom. The highest BCUT2D eigenvalue weighted by Crippen LogP contribution is 2.19. The fourth-order valence-electron chi connectivity index (χ4n) is 1.79. The van der Waals surface area contributed by atoms with Crippen molar-refractivity contribution in [1.29, 1.82) is 0 Å². The van der Waals surface area contributed by atoms with E-state index >= 15 is 0 Å². The predicted octanol–water partition coefficient (Wildman–Crippen LogP) is 3.34. The van der Waals surface area contributed by atoms with Gasteiger partial charge >= 0.3 is 0 Å². The van der Waals surface area contributed by atoms with Gasteiger partial charge in [-0.2, -0.15) is 0 Å². The van der Waals surface area contributed by atoms with Gasteiger partial charge in [0.15, 0.2) is 0 Å². The van der Waals surface area contributed by atoms with Gasteiger partial charge in [0, 0.05) is 11.3 Å². The van der Waals surface area contributed by atoms with Crippen LogP contribution in [0.25, 0.3) is 5.57 Å². The zero-order chi connectivity index (χ0) is 15.3. The maximum atomic E-state index is 12.2. The summed E-state index contributed by atoms with van der Waals surface area (Å²) in [6, 6.07) is 15.0. The third-order valence-corrected chi connectivity index (χ3v) is 4.26. The number of hydrogen-bond donors (Lipinski definition) is 1. The Kier molecular flexibility index (Phi) is 4.46. The molecule has 1 radical (unpaired) electrons. The van der Waals surface area contributed by atoms with Crippen molar-refractivity contribution in [2.75, 3.05) is 4.72 Å². The second-order valence-corrected chi connectivity index (χ2v) is 5.94. The minimum absolute atomic E-state index is 0.219. The van der Waals surface area contributed by atoms with Crippen LogP contribution in [0.4, 0.5) is 5.69 Å². The van der Waals surface area contributed by atoms with E-state index in [0.717, 1.165) is 5.56 Å². The number of allylic oxidation sites excluding steroid dienone is 2. The number of sulfonamides is 1. The molecule has 4 heteroatoms. The summed E-state index contributed by atoms with van der Waals surface area (Å²) in [4.78, 5) is 0.219. The number of anilines is 1. The van der Waals surface area contributed by atoms with E-state index in [1.165, 1.54) is 0 Å². The Morgan fingerprint density at radius 1 is 1.10 bits per heavy atom. The first-order valence-electron chi connectivity index (χ1n) is 6.21. The third-order valence-electron chi connectivity index (χ3n) is 2.86. The lowest BCUT2D eigenvalue weighted by atomic mass is 10.1. The van der Waals surface area contributed by atoms with Crippen molar-refractivity contribution in [2.24, 2.45) is 0 Å². The highest BCUT2D eigenvalue weighted by atomic mass is 32.2. The summed E-state index contributed by atoms with van der Waals surface area (Å²) in [5.41, 5.74) is 1.95. The van der Waals surface area contributed by atoms with Gasteiger partial charge in [0.05, 0.1) is 4.90 Å². The topological polar surface area (TPSA) is 46.2 Å². The van der Waals surface area contributed by atoms with Crippen molar-refractivity contribution < 1.29 is 8.42 Å². The van der Waals surface area contributed by atoms with Crippen LogP contribution < -0.4 is 4.72 Å². The molecule has 0 aromatic heterocycles. The van der Waals surface area contributed by atoms with Crippen LogP contribution in [0.3, 0.4) is 0 Å². The molecule has 2 rings (SSSR count). The largest absolute Gasteiger partial charge is 0.280 e. The molecule has 0 heterocycles. The molecule has 0 spiro atoms. The normalized spacial score (nSPS) is 11.7. The summed E-state index contributed by atoms with van der Waals surface area (Å²) >= 11 is 0. The first kappa shape index (κ1) is 14.9. The highest BCUT2D eigenvalue weighted by Gasteiger charge is 2.13. The molecule has 1 N–H and O–H groups in total. The maximum Gasteiger partial charge on any atom is 0.261 e. The highest BCUT2D eigenvalue weighted by molar-refractivity contribution is 7.92. The zero-order valence-electron chi connectivity index (χ0n) is 11.3. The van der Waals surface area contributed by atoms with E-state index in [1.54, 1.807) is 60.7 Å². The van der Waals surface area contributed by atoms with E-state index in [1.807, 2.05) is 0 Å². The van der Waals surface area contributed by atoms with Crippen LogP contribution in [-0.2, 0) is 10.0 Å². The predicted molar refractivity (Wildman–Crippen MR) is 85.9 cm³/mol. The van der Waals surface area contributed by atoms with E-state index < -0.39 is 10.0 Å². The van der Waals surface area contributed by atoms with Crippen molar-refractivity contribution >= 4 is 21.3 Å². The number of rotatable bonds is 4. The fraction of sp³-hybridized carbons (Fsp3) is 0. The van der Waals surface area contributed by atoms with Gasteiger partial charge in [-0.15, -0.1) is 6.42 Å². The van der Waals surface area contributed by atoms with Crippen molar-refractivity contribution in [2.45, 2.75) is 4.90 Å². The van der Waals surface area contributed by atoms with Crippen molar-refractivity contribution in [3.8, 4) is 12.3 Å². The molecule has 2 aromatic rings. The molecule has 0 saturated carbocycles. The molecule has 0 unspecified atom stereocenters. The molecule has 105 valence electrons. The van der Waals surface area contributed by atoms with Gasteiger partial charge in [-0.3, -0.25) is 4.72 Å². The number of terminal acetylenes is 1. The molecular weight excluding hydrogens is 282 g/mol. The summed E-state index contributed by atoms with van der Waals surface area (Å²) in [6.07, 6.45) is 6.95. The number of nitrogens with one attached hydrogen (secondary N) is 1. The molecule has 0 aliphatic carbocycles. The maximum absolute atomic E-state index is 12.2. The monoisotopic (exact) mass is 296 g/mol. The lowest BCUT2D eigenvalue weighted by Crippen LogP contribution is -2.12. The van der Waals surface area contributed by atoms with Crippen molar-refractivity contribution in [3.05, 3.63) is 73.2 Å². The van der Waals surface area contributed by atoms with Gasteiger partial charge < -0.3 is 0 Å². The summed E-state index contributed by atoms with van der Waals surface area (Å²) in [7, 11) is -3.57. The standard InChI is InChI=1S/C17H14NO2S/c1-3-14(4-2)15-10-12-16(13-11-15)18-21(19,20)17-8-6-5-7-9-17/h1,4-13,18H,2H2/b14-4+. The van der Waals surface area contributed by atoms with Crippen LogP contribution in [0.5, 0.6) is 0 Å². The lowest BCUT2D eigenvalue weighted by molar-refractivity contribution is 0.601. The van der Waals surface area contributed by atoms with E-state index in [-0.39, 0.29) is 4.90 Å². The molecule has 0 amide bonds. The zero-order valence-corrected chi connectivity index (χ0v) is 12.1. The minimum atomic E-state index is -3.57. The first-order chi connectivity index (χ1) is 10.1. The minimum Gasteiger partial charge on any atom is -0.280 e. The molecule has 2 aromatic carbocycles. The molecule has 0 saturated heterocycles. The Bertz CT molecular complexity index is 783. The molecule has 3 nitrogen and oxygen atoms in total. The van der Waals surface area contributed by atoms with Gasteiger partial charge in [0.2, 0.25) is 0 Å². The lowest BCUT2D eigenvalue weighted by Gasteiger charge is -2.08. The summed E-state index contributed by atoms with van der Waals surface area (Å²) in [5.74, 6) is 2.52. The Morgan fingerprint density at radius 3 is 2.24 bits per heavy atom. The Hall–Kier alpha value is -2.51. The van der Waals surface area contributed by atoms with Crippen LogP contribution in [0.15, 0.2) is 65.6 Å². The quantitative estimate of drug-likeness (QED) is 0.880. The van der Waals surface area contributed by atoms with Crippen LogP contribution in [0, 0.1) is 19.3 Å². The van der Waals surface area contributed by atoms with E-state index in [9.17, 15) is 8.42 Å². The van der Waals surface area contributed by atoms with Gasteiger partial charge in [-0.25, -0.2) is 8.42 Å². The van der Waals surface area contributed by atoms with Crippen molar-refractivity contribution in [1.82, 2.24) is 0 Å². The third kappa shape index (κ3) is 3.53. The number of hydrogen-bond acceptors (Lipinski definition) is 2. The van der Waals surface area contributed by atoms with Crippen LogP contribution in [0.1, 0.15) is 5.56 Å². The van der Waals surface area contributed by atoms with Crippen LogP contribution in [0.2, 0.25) is 0 Å². The molecule has 0 bridgehead atoms. The summed E-state index contributed by atoms with van der Waals surface area (Å²) in [5, 5.41) is 0. The van der Waals surface area contributed by atoms with E-state index in [0.29, 0.717) is 11.3 Å². The second kappa shape index (κ2) is 6.29. The SMILES string of the molecule is C#C/C(=C\[CH2])c1ccc(NS(=O)(=O)c2ccccc2)cc1. The average molecular weight is 296 g/mol. The van der Waals surface area contributed by atoms with Gasteiger partial charge in [0.25, 0.3) is 10.0 Å². The first-order valence-corrected chi connectivity index (χ1v) is 7.69. The molecule has 0 atom stereocenters. The smallest absolute Gasteiger partial charge is 0.261 e. The summed E-state index contributed by atoms with van der Waals surface area (Å²) in [6.45, 7) is 3.64. The fourth-order valence-corrected chi connectivity index (χ4v) is 2.87. The molecule has 0 aliphatic rings. The van der Waals surface area contributed by atoms with Gasteiger partial charge in [-0.05, 0) is 36.8 Å². The van der Waals surface area contributed by atoms with Gasteiger partial charge in [0.1, 0.15) is 0 Å². The molecule has 0 aliphatic heterocycles. The Labute approximate surface area is 125 Å². The molecular formula is C17H14NO2S. The Balaban J connectivity index is 2.24. The van der Waals surface area contributed by atoms with Crippen molar-refractivity contribution in [3.63, 3.8) is 0 Å². The van der Waals surface area contributed by atoms with E-state index in [4.69, 9.17) is 6.42 Å². The summed E-state index contributed by atoms with van der Waals surface area (Å²) < 4.78 is 26.9. The molecule has 0 fully saturated rings. The molecule has 21 heavy (non-hydrogen) atoms. The van der Waals surface area contributed by atoms with E-state index in [2.05, 4.69) is 17.6 Å². The van der Waals surface area contributed by atoms with Gasteiger partial charge in [-0.1, -0.05) is 42.3 Å². The average Bonchev–Trinajstić information content (AvgIpc) is 2.51. The number of benzene rings is 2. The van der Waals surface area contributed by atoms with Crippen LogP contribution >= 0.6 is 0 Å².